The van der Waals surface area contributed by atoms with E-state index in [1.165, 1.54) is 12.3 Å². The molecule has 1 saturated carbocycles. The molecule has 92 valence electrons. The summed E-state index contributed by atoms with van der Waals surface area (Å²) >= 11 is 0. The van der Waals surface area contributed by atoms with Gasteiger partial charge in [-0.3, -0.25) is 9.59 Å². The van der Waals surface area contributed by atoms with Crippen LogP contribution in [-0.2, 0) is 4.79 Å². The van der Waals surface area contributed by atoms with Gasteiger partial charge < -0.3 is 20.2 Å². The van der Waals surface area contributed by atoms with Gasteiger partial charge in [0.1, 0.15) is 0 Å². The highest BCUT2D eigenvalue weighted by atomic mass is 16.3. The molecule has 1 aliphatic carbocycles. The standard InChI is InChI=1S/C11H14N2O4/c14-8-4-7(5-8)13-10(15)6-12-11(16)9-2-1-3-17-9/h1-3,7-8,14H,4-6H2,(H,12,16)(H,13,15). The molecule has 1 heterocycles. The van der Waals surface area contributed by atoms with Crippen LogP contribution >= 0.6 is 0 Å². The summed E-state index contributed by atoms with van der Waals surface area (Å²) in [5.41, 5.74) is 0. The van der Waals surface area contributed by atoms with Crippen LogP contribution in [0.5, 0.6) is 0 Å². The van der Waals surface area contributed by atoms with Crippen LogP contribution in [-0.4, -0.2) is 35.6 Å². The Bertz CT molecular complexity index is 396. The number of hydrogen-bond donors (Lipinski definition) is 3. The molecule has 0 unspecified atom stereocenters. The van der Waals surface area contributed by atoms with Gasteiger partial charge in [-0.25, -0.2) is 0 Å². The molecule has 0 aliphatic heterocycles. The molecule has 1 fully saturated rings. The van der Waals surface area contributed by atoms with E-state index in [1.807, 2.05) is 0 Å². The van der Waals surface area contributed by atoms with E-state index < -0.39 is 5.91 Å². The lowest BCUT2D eigenvalue weighted by Crippen LogP contribution is -2.49. The number of furan rings is 1. The molecule has 1 aromatic rings. The van der Waals surface area contributed by atoms with Crippen molar-refractivity contribution in [3.63, 3.8) is 0 Å². The molecular weight excluding hydrogens is 224 g/mol. The van der Waals surface area contributed by atoms with E-state index in [0.717, 1.165) is 0 Å². The van der Waals surface area contributed by atoms with Crippen molar-refractivity contribution >= 4 is 11.8 Å². The summed E-state index contributed by atoms with van der Waals surface area (Å²) < 4.78 is 4.88. The predicted octanol–water partition coefficient (Wildman–Crippen LogP) is -0.351. The van der Waals surface area contributed by atoms with Crippen LogP contribution in [0.4, 0.5) is 0 Å². The lowest BCUT2D eigenvalue weighted by molar-refractivity contribution is -0.122. The minimum absolute atomic E-state index is 0.0259. The molecule has 3 N–H and O–H groups in total. The molecule has 0 spiro atoms. The molecule has 0 aromatic carbocycles. The van der Waals surface area contributed by atoms with E-state index in [0.29, 0.717) is 12.8 Å². The Labute approximate surface area is 98.0 Å². The average molecular weight is 238 g/mol. The Morgan fingerprint density at radius 2 is 2.24 bits per heavy atom. The lowest BCUT2D eigenvalue weighted by Gasteiger charge is -2.31. The van der Waals surface area contributed by atoms with Crippen LogP contribution in [0.3, 0.4) is 0 Å². The van der Waals surface area contributed by atoms with Crippen LogP contribution in [0.25, 0.3) is 0 Å². The van der Waals surface area contributed by atoms with Gasteiger partial charge in [-0.2, -0.15) is 0 Å². The number of amides is 2. The molecule has 0 bridgehead atoms. The Balaban J connectivity index is 1.68. The Morgan fingerprint density at radius 1 is 1.47 bits per heavy atom. The van der Waals surface area contributed by atoms with E-state index in [1.54, 1.807) is 6.07 Å². The molecule has 1 aliphatic rings. The fraction of sp³-hybridized carbons (Fsp3) is 0.455. The quantitative estimate of drug-likeness (QED) is 0.668. The first-order chi connectivity index (χ1) is 8.15. The van der Waals surface area contributed by atoms with Gasteiger partial charge in [0.2, 0.25) is 5.91 Å². The summed E-state index contributed by atoms with van der Waals surface area (Å²) in [6.07, 6.45) is 2.25. The number of hydrogen-bond acceptors (Lipinski definition) is 4. The third-order valence-corrected chi connectivity index (χ3v) is 2.63. The van der Waals surface area contributed by atoms with Crippen molar-refractivity contribution in [1.82, 2.24) is 10.6 Å². The van der Waals surface area contributed by atoms with Crippen molar-refractivity contribution in [3.8, 4) is 0 Å². The Hall–Kier alpha value is -1.82. The van der Waals surface area contributed by atoms with Crippen molar-refractivity contribution in [3.05, 3.63) is 24.2 Å². The maximum Gasteiger partial charge on any atom is 0.287 e. The van der Waals surface area contributed by atoms with Crippen molar-refractivity contribution < 1.29 is 19.1 Å². The second-order valence-corrected chi connectivity index (χ2v) is 4.05. The van der Waals surface area contributed by atoms with Gasteiger partial charge >= 0.3 is 0 Å². The number of aliphatic hydroxyl groups excluding tert-OH is 1. The normalized spacial score (nSPS) is 22.6. The summed E-state index contributed by atoms with van der Waals surface area (Å²) in [5.74, 6) is -0.502. The van der Waals surface area contributed by atoms with Gasteiger partial charge in [0, 0.05) is 6.04 Å². The van der Waals surface area contributed by atoms with E-state index in [2.05, 4.69) is 10.6 Å². The maximum atomic E-state index is 11.4. The zero-order chi connectivity index (χ0) is 12.3. The van der Waals surface area contributed by atoms with Crippen molar-refractivity contribution in [2.75, 3.05) is 6.54 Å². The highest BCUT2D eigenvalue weighted by molar-refractivity contribution is 5.94. The first-order valence-corrected chi connectivity index (χ1v) is 5.44. The lowest BCUT2D eigenvalue weighted by atomic mass is 9.89. The summed E-state index contributed by atoms with van der Waals surface area (Å²) in [7, 11) is 0. The number of carbonyl (C=O) groups is 2. The Morgan fingerprint density at radius 3 is 2.82 bits per heavy atom. The molecule has 2 rings (SSSR count). The zero-order valence-corrected chi connectivity index (χ0v) is 9.18. The van der Waals surface area contributed by atoms with Crippen LogP contribution in [0.1, 0.15) is 23.4 Å². The SMILES string of the molecule is O=C(CNC(=O)c1ccco1)NC1CC(O)C1. The molecule has 2 amide bonds. The number of nitrogens with one attached hydrogen (secondary N) is 2. The van der Waals surface area contributed by atoms with E-state index in [9.17, 15) is 9.59 Å². The molecule has 0 radical (unpaired) electrons. The van der Waals surface area contributed by atoms with Gasteiger partial charge in [0.25, 0.3) is 5.91 Å². The average Bonchev–Trinajstić information content (AvgIpc) is 2.77. The largest absolute Gasteiger partial charge is 0.459 e. The summed E-state index contributed by atoms with van der Waals surface area (Å²) in [6, 6.07) is 3.15. The fourth-order valence-corrected chi connectivity index (χ4v) is 1.64. The number of aliphatic hydroxyl groups is 1. The third kappa shape index (κ3) is 3.07. The second-order valence-electron chi connectivity index (χ2n) is 4.05. The van der Waals surface area contributed by atoms with E-state index in [-0.39, 0.29) is 30.4 Å². The van der Waals surface area contributed by atoms with Crippen LogP contribution < -0.4 is 10.6 Å². The number of carbonyl (C=O) groups excluding carboxylic acids is 2. The van der Waals surface area contributed by atoms with Crippen molar-refractivity contribution in [2.24, 2.45) is 0 Å². The van der Waals surface area contributed by atoms with Crippen LogP contribution in [0.2, 0.25) is 0 Å². The zero-order valence-electron chi connectivity index (χ0n) is 9.18. The van der Waals surface area contributed by atoms with Gasteiger partial charge in [-0.1, -0.05) is 0 Å². The molecule has 1 aromatic heterocycles. The minimum atomic E-state index is -0.418. The summed E-state index contributed by atoms with van der Waals surface area (Å²) in [4.78, 5) is 22.8. The molecule has 0 atom stereocenters. The monoisotopic (exact) mass is 238 g/mol. The second kappa shape index (κ2) is 5.01. The van der Waals surface area contributed by atoms with Gasteiger partial charge in [-0.05, 0) is 25.0 Å². The van der Waals surface area contributed by atoms with E-state index >= 15 is 0 Å². The summed E-state index contributed by atoms with van der Waals surface area (Å²) in [5, 5.41) is 14.2. The first kappa shape index (κ1) is 11.7. The van der Waals surface area contributed by atoms with Gasteiger partial charge in [0.05, 0.1) is 18.9 Å². The fourth-order valence-electron chi connectivity index (χ4n) is 1.64. The molecule has 6 nitrogen and oxygen atoms in total. The predicted molar refractivity (Wildman–Crippen MR) is 58.2 cm³/mol. The molecule has 6 heteroatoms. The highest BCUT2D eigenvalue weighted by Gasteiger charge is 2.28. The van der Waals surface area contributed by atoms with E-state index in [4.69, 9.17) is 9.52 Å². The highest BCUT2D eigenvalue weighted by Crippen LogP contribution is 2.18. The van der Waals surface area contributed by atoms with Crippen molar-refractivity contribution in [2.45, 2.75) is 25.0 Å². The smallest absolute Gasteiger partial charge is 0.287 e. The first-order valence-electron chi connectivity index (χ1n) is 5.44. The molecule has 17 heavy (non-hydrogen) atoms. The van der Waals surface area contributed by atoms with Gasteiger partial charge in [0.15, 0.2) is 5.76 Å². The summed E-state index contributed by atoms with van der Waals surface area (Å²) in [6.45, 7) is -0.0911. The third-order valence-electron chi connectivity index (χ3n) is 2.63. The Kier molecular flexibility index (Phi) is 3.43. The van der Waals surface area contributed by atoms with Crippen molar-refractivity contribution in [1.29, 1.82) is 0 Å². The van der Waals surface area contributed by atoms with Crippen LogP contribution in [0, 0.1) is 0 Å². The topological polar surface area (TPSA) is 91.6 Å². The van der Waals surface area contributed by atoms with Gasteiger partial charge in [-0.15, -0.1) is 0 Å². The maximum absolute atomic E-state index is 11.4. The molecular formula is C11H14N2O4. The number of rotatable bonds is 4. The molecule has 0 saturated heterocycles. The minimum Gasteiger partial charge on any atom is -0.459 e. The van der Waals surface area contributed by atoms with Crippen LogP contribution in [0.15, 0.2) is 22.8 Å².